The van der Waals surface area contributed by atoms with Crippen molar-refractivity contribution in [2.75, 3.05) is 0 Å². The summed E-state index contributed by atoms with van der Waals surface area (Å²) in [5.41, 5.74) is 2.91. The van der Waals surface area contributed by atoms with Crippen LogP contribution >= 0.6 is 0 Å². The van der Waals surface area contributed by atoms with Crippen molar-refractivity contribution < 1.29 is 0 Å². The second-order valence-corrected chi connectivity index (χ2v) is 6.24. The summed E-state index contributed by atoms with van der Waals surface area (Å²) >= 11 is 0. The van der Waals surface area contributed by atoms with Gasteiger partial charge in [0.1, 0.15) is 0 Å². The van der Waals surface area contributed by atoms with E-state index in [4.69, 9.17) is 0 Å². The smallest absolute Gasteiger partial charge is 0.0162 e. The molecule has 0 aromatic heterocycles. The first-order chi connectivity index (χ1) is 9.26. The monoisotopic (exact) mass is 252 g/mol. The Bertz CT molecular complexity index is 559. The number of hydrogen-bond donors (Lipinski definition) is 0. The van der Waals surface area contributed by atoms with Crippen LogP contribution in [-0.2, 0) is 0 Å². The van der Waals surface area contributed by atoms with E-state index in [9.17, 15) is 0 Å². The van der Waals surface area contributed by atoms with Gasteiger partial charge in [-0.1, -0.05) is 55.3 Å². The third-order valence-electron chi connectivity index (χ3n) is 4.92. The number of hydrogen-bond acceptors (Lipinski definition) is 0. The van der Waals surface area contributed by atoms with Gasteiger partial charge in [0, 0.05) is 0 Å². The van der Waals surface area contributed by atoms with Gasteiger partial charge in [-0.25, -0.2) is 0 Å². The zero-order chi connectivity index (χ0) is 13.2. The fourth-order valence-electron chi connectivity index (χ4n) is 3.54. The van der Waals surface area contributed by atoms with Crippen LogP contribution in [0.15, 0.2) is 36.4 Å². The molecule has 0 bridgehead atoms. The van der Waals surface area contributed by atoms with E-state index in [0.717, 1.165) is 11.8 Å². The fraction of sp³-hybridized carbons (Fsp3) is 0.474. The Kier molecular flexibility index (Phi) is 3.59. The molecule has 100 valence electrons. The van der Waals surface area contributed by atoms with Gasteiger partial charge in [0.15, 0.2) is 0 Å². The normalized spacial score (nSPS) is 23.7. The maximum Gasteiger partial charge on any atom is -0.0162 e. The lowest BCUT2D eigenvalue weighted by molar-refractivity contribution is 0.319. The van der Waals surface area contributed by atoms with Crippen molar-refractivity contribution in [3.8, 4) is 0 Å². The van der Waals surface area contributed by atoms with Crippen molar-refractivity contribution >= 4 is 10.8 Å². The van der Waals surface area contributed by atoms with Gasteiger partial charge >= 0.3 is 0 Å². The molecule has 0 unspecified atom stereocenters. The Hall–Kier alpha value is -1.30. The minimum atomic E-state index is 0.800. The van der Waals surface area contributed by atoms with E-state index in [1.54, 1.807) is 5.56 Å². The van der Waals surface area contributed by atoms with Crippen LogP contribution in [0.3, 0.4) is 0 Å². The Labute approximate surface area is 116 Å². The molecule has 2 aromatic carbocycles. The Balaban J connectivity index is 1.84. The van der Waals surface area contributed by atoms with Crippen LogP contribution in [0.4, 0.5) is 0 Å². The summed E-state index contributed by atoms with van der Waals surface area (Å²) in [6, 6.07) is 13.9. The second kappa shape index (κ2) is 5.36. The van der Waals surface area contributed by atoms with Crippen molar-refractivity contribution in [3.63, 3.8) is 0 Å². The van der Waals surface area contributed by atoms with E-state index < -0.39 is 0 Å². The van der Waals surface area contributed by atoms with E-state index in [-0.39, 0.29) is 0 Å². The van der Waals surface area contributed by atoms with Gasteiger partial charge in [-0.3, -0.25) is 0 Å². The van der Waals surface area contributed by atoms with E-state index >= 15 is 0 Å². The minimum absolute atomic E-state index is 0.800. The molecule has 0 amide bonds. The van der Waals surface area contributed by atoms with Gasteiger partial charge in [0.25, 0.3) is 0 Å². The molecule has 1 fully saturated rings. The number of aryl methyl sites for hydroxylation is 1. The Morgan fingerprint density at radius 1 is 0.895 bits per heavy atom. The molecule has 0 spiro atoms. The SMILES string of the molecule is CC[C@H]1CC[C@H](c2ccc3cc(C)ccc3c2)CC1. The summed E-state index contributed by atoms with van der Waals surface area (Å²) in [5.74, 6) is 1.79. The van der Waals surface area contributed by atoms with Gasteiger partial charge in [0.05, 0.1) is 0 Å². The summed E-state index contributed by atoms with van der Waals surface area (Å²) in [7, 11) is 0. The third kappa shape index (κ3) is 2.68. The second-order valence-electron chi connectivity index (χ2n) is 6.24. The van der Waals surface area contributed by atoms with Crippen LogP contribution in [0.25, 0.3) is 10.8 Å². The Morgan fingerprint density at radius 3 is 2.32 bits per heavy atom. The number of rotatable bonds is 2. The lowest BCUT2D eigenvalue weighted by Crippen LogP contribution is -2.12. The van der Waals surface area contributed by atoms with Crippen molar-refractivity contribution in [1.82, 2.24) is 0 Å². The predicted molar refractivity (Wildman–Crippen MR) is 83.7 cm³/mol. The molecule has 0 nitrogen and oxygen atoms in total. The van der Waals surface area contributed by atoms with Crippen LogP contribution < -0.4 is 0 Å². The van der Waals surface area contributed by atoms with Crippen LogP contribution in [0.2, 0.25) is 0 Å². The van der Waals surface area contributed by atoms with Crippen LogP contribution in [0.5, 0.6) is 0 Å². The van der Waals surface area contributed by atoms with Gasteiger partial charge in [0.2, 0.25) is 0 Å². The van der Waals surface area contributed by atoms with Gasteiger partial charge in [-0.2, -0.15) is 0 Å². The zero-order valence-corrected chi connectivity index (χ0v) is 12.2. The molecular formula is C19H24. The van der Waals surface area contributed by atoms with Crippen LogP contribution in [-0.4, -0.2) is 0 Å². The van der Waals surface area contributed by atoms with Gasteiger partial charge in [-0.05, 0) is 60.8 Å². The average molecular weight is 252 g/mol. The van der Waals surface area contributed by atoms with E-state index in [1.165, 1.54) is 48.4 Å². The molecule has 3 rings (SSSR count). The Morgan fingerprint density at radius 2 is 1.58 bits per heavy atom. The molecule has 0 atom stereocenters. The average Bonchev–Trinajstić information content (AvgIpc) is 2.47. The quantitative estimate of drug-likeness (QED) is 0.630. The maximum atomic E-state index is 2.42. The lowest BCUT2D eigenvalue weighted by atomic mass is 9.77. The van der Waals surface area contributed by atoms with Gasteiger partial charge < -0.3 is 0 Å². The number of benzene rings is 2. The fourth-order valence-corrected chi connectivity index (χ4v) is 3.54. The first-order valence-electron chi connectivity index (χ1n) is 7.76. The van der Waals surface area contributed by atoms with Crippen LogP contribution in [0, 0.1) is 12.8 Å². The zero-order valence-electron chi connectivity index (χ0n) is 12.2. The van der Waals surface area contributed by atoms with E-state index in [0.29, 0.717) is 0 Å². The molecule has 1 aliphatic carbocycles. The van der Waals surface area contributed by atoms with Crippen molar-refractivity contribution in [1.29, 1.82) is 0 Å². The third-order valence-corrected chi connectivity index (χ3v) is 4.92. The minimum Gasteiger partial charge on any atom is -0.0651 e. The highest BCUT2D eigenvalue weighted by Gasteiger charge is 2.21. The first kappa shape index (κ1) is 12.7. The molecule has 0 aliphatic heterocycles. The largest absolute Gasteiger partial charge is 0.0651 e. The standard InChI is InChI=1S/C19H24/c1-3-15-5-8-16(9-6-15)18-11-10-17-12-14(2)4-7-19(17)13-18/h4,7,10-13,15-16H,3,5-6,8-9H2,1-2H3/t15-,16-. The molecule has 0 saturated heterocycles. The highest BCUT2D eigenvalue weighted by atomic mass is 14.3. The first-order valence-corrected chi connectivity index (χ1v) is 7.76. The molecule has 0 heterocycles. The molecule has 1 aliphatic rings. The van der Waals surface area contributed by atoms with Crippen LogP contribution in [0.1, 0.15) is 56.1 Å². The topological polar surface area (TPSA) is 0 Å². The summed E-state index contributed by atoms with van der Waals surface area (Å²) in [6.45, 7) is 4.50. The summed E-state index contributed by atoms with van der Waals surface area (Å²) in [5, 5.41) is 2.78. The van der Waals surface area contributed by atoms with Crippen molar-refractivity contribution in [3.05, 3.63) is 47.5 Å². The summed E-state index contributed by atoms with van der Waals surface area (Å²) < 4.78 is 0. The molecule has 1 saturated carbocycles. The lowest BCUT2D eigenvalue weighted by Gasteiger charge is -2.28. The predicted octanol–water partition coefficient (Wildman–Crippen LogP) is 5.83. The summed E-state index contributed by atoms with van der Waals surface area (Å²) in [4.78, 5) is 0. The van der Waals surface area contributed by atoms with Crippen molar-refractivity contribution in [2.45, 2.75) is 51.9 Å². The molecular weight excluding hydrogens is 228 g/mol. The highest BCUT2D eigenvalue weighted by Crippen LogP contribution is 2.37. The molecule has 2 aromatic rings. The van der Waals surface area contributed by atoms with Crippen molar-refractivity contribution in [2.24, 2.45) is 5.92 Å². The van der Waals surface area contributed by atoms with E-state index in [2.05, 4.69) is 50.2 Å². The molecule has 0 radical (unpaired) electrons. The van der Waals surface area contributed by atoms with E-state index in [1.807, 2.05) is 0 Å². The molecule has 19 heavy (non-hydrogen) atoms. The number of fused-ring (bicyclic) bond motifs is 1. The summed E-state index contributed by atoms with van der Waals surface area (Å²) in [6.07, 6.45) is 6.98. The van der Waals surface area contributed by atoms with Gasteiger partial charge in [-0.15, -0.1) is 0 Å². The highest BCUT2D eigenvalue weighted by molar-refractivity contribution is 5.83. The molecule has 0 heteroatoms. The maximum absolute atomic E-state index is 2.42. The molecule has 0 N–H and O–H groups in total.